The van der Waals surface area contributed by atoms with Crippen LogP contribution in [0.2, 0.25) is 0 Å². The van der Waals surface area contributed by atoms with E-state index >= 15 is 0 Å². The molecule has 8 aromatic rings. The summed E-state index contributed by atoms with van der Waals surface area (Å²) in [5, 5.41) is 15.1. The van der Waals surface area contributed by atoms with Gasteiger partial charge >= 0.3 is 0 Å². The number of benzene rings is 4. The van der Waals surface area contributed by atoms with E-state index in [9.17, 15) is 5.26 Å². The Morgan fingerprint density at radius 3 is 2.09 bits per heavy atom. The van der Waals surface area contributed by atoms with Crippen molar-refractivity contribution >= 4 is 65.1 Å². The van der Waals surface area contributed by atoms with Crippen LogP contribution in [0.5, 0.6) is 5.75 Å². The van der Waals surface area contributed by atoms with E-state index in [0.717, 1.165) is 77.9 Å². The summed E-state index contributed by atoms with van der Waals surface area (Å²) in [5.74, 6) is 1.33. The van der Waals surface area contributed by atoms with Crippen molar-refractivity contribution in [3.8, 4) is 34.3 Å². The highest BCUT2D eigenvalue weighted by molar-refractivity contribution is 7.20. The number of aromatic amines is 2. The number of nitrogens with zero attached hydrogens (tertiary/aromatic N) is 4. The van der Waals surface area contributed by atoms with E-state index in [0.29, 0.717) is 44.5 Å². The molecule has 0 fully saturated rings. The van der Waals surface area contributed by atoms with Crippen molar-refractivity contribution in [2.45, 2.75) is 46.5 Å². The van der Waals surface area contributed by atoms with Gasteiger partial charge in [0.25, 0.3) is 0 Å². The van der Waals surface area contributed by atoms with Gasteiger partial charge in [-0.1, -0.05) is 81.6 Å². The number of aryl methyl sites for hydroxylation is 1. The summed E-state index contributed by atoms with van der Waals surface area (Å²) in [4.78, 5) is 21.4. The van der Waals surface area contributed by atoms with Crippen molar-refractivity contribution in [1.29, 1.82) is 5.26 Å². The lowest BCUT2D eigenvalue weighted by Crippen LogP contribution is -2.11. The van der Waals surface area contributed by atoms with E-state index in [1.165, 1.54) is 35.5 Å². The van der Waals surface area contributed by atoms with Crippen molar-refractivity contribution in [1.82, 2.24) is 19.9 Å². The van der Waals surface area contributed by atoms with Crippen LogP contribution in [0.3, 0.4) is 0 Å². The highest BCUT2D eigenvalue weighted by Gasteiger charge is 2.24. The van der Waals surface area contributed by atoms with Crippen LogP contribution in [0, 0.1) is 30.7 Å². The summed E-state index contributed by atoms with van der Waals surface area (Å²) in [6, 6.07) is 34.8. The van der Waals surface area contributed by atoms with Crippen LogP contribution in [0.4, 0.5) is 0 Å². The van der Waals surface area contributed by atoms with Crippen LogP contribution in [0.15, 0.2) is 97.1 Å². The van der Waals surface area contributed by atoms with Gasteiger partial charge in [-0.05, 0) is 78.9 Å². The van der Waals surface area contributed by atoms with Crippen molar-refractivity contribution in [3.05, 3.63) is 135 Å². The number of H-pyrrole nitrogens is 2. The first-order valence-electron chi connectivity index (χ1n) is 18.3. The first-order chi connectivity index (χ1) is 26.5. The van der Waals surface area contributed by atoms with Crippen LogP contribution in [0.1, 0.15) is 55.1 Å². The van der Waals surface area contributed by atoms with Gasteiger partial charge in [-0.3, -0.25) is 0 Å². The third kappa shape index (κ3) is 6.47. The fourth-order valence-corrected chi connectivity index (χ4v) is 9.02. The number of nitriles is 1. The molecule has 0 bridgehead atoms. The van der Waals surface area contributed by atoms with Gasteiger partial charge in [0.2, 0.25) is 5.70 Å². The van der Waals surface area contributed by atoms with Crippen LogP contribution in [-0.4, -0.2) is 26.5 Å². The normalized spacial score (nSPS) is 13.2. The monoisotopic (exact) mass is 742 g/mol. The smallest absolute Gasteiger partial charge is 0.245 e. The van der Waals surface area contributed by atoms with Gasteiger partial charge in [-0.2, -0.15) is 5.26 Å². The van der Waals surface area contributed by atoms with Crippen LogP contribution < -0.4 is 15.4 Å². The molecule has 4 heterocycles. The summed E-state index contributed by atoms with van der Waals surface area (Å²) < 4.78 is 8.32. The van der Waals surface area contributed by atoms with Crippen molar-refractivity contribution < 1.29 is 4.74 Å². The molecule has 1 unspecified atom stereocenters. The largest absolute Gasteiger partial charge is 0.493 e. The Morgan fingerprint density at radius 1 is 0.815 bits per heavy atom. The van der Waals surface area contributed by atoms with Gasteiger partial charge in [0, 0.05) is 16.3 Å². The molecule has 0 saturated carbocycles. The van der Waals surface area contributed by atoms with Crippen molar-refractivity contribution in [2.75, 3.05) is 6.61 Å². The average Bonchev–Trinajstić information content (AvgIpc) is 3.99. The van der Waals surface area contributed by atoms with Crippen molar-refractivity contribution in [2.24, 2.45) is 5.92 Å². The fourth-order valence-electron chi connectivity index (χ4n) is 7.09. The topological polar surface area (TPSA) is 94.7 Å². The van der Waals surface area contributed by atoms with E-state index in [2.05, 4.69) is 65.9 Å². The van der Waals surface area contributed by atoms with E-state index in [1.54, 1.807) is 0 Å². The number of hydrogen-bond acceptors (Lipinski definition) is 6. The average molecular weight is 743 g/mol. The lowest BCUT2D eigenvalue weighted by atomic mass is 10.0. The van der Waals surface area contributed by atoms with Gasteiger partial charge in [0.1, 0.15) is 27.4 Å². The molecular weight excluding hydrogens is 705 g/mol. The first-order valence-corrected chi connectivity index (χ1v) is 19.9. The second kappa shape index (κ2) is 15.2. The molecule has 9 heteroatoms. The predicted octanol–water partition coefficient (Wildman–Crippen LogP) is 10.8. The Balaban J connectivity index is 1.43. The third-order valence-electron chi connectivity index (χ3n) is 10.1. The number of rotatable bonds is 11. The molecule has 0 spiro atoms. The summed E-state index contributed by atoms with van der Waals surface area (Å²) in [7, 11) is 0. The number of fused-ring (bicyclic) bond motifs is 3. The molecule has 266 valence electrons. The maximum absolute atomic E-state index is 10.9. The van der Waals surface area contributed by atoms with Crippen LogP contribution in [-0.2, 0) is 0 Å². The number of hydrogen-bond donors (Lipinski definition) is 2. The minimum Gasteiger partial charge on any atom is -0.493 e. The fraction of sp³-hybridized carbons (Fsp3) is 0.200. The number of thiazole rings is 2. The standard InChI is InChI=1S/C45H38N6OS2/c1-5-7-15-28(6-2)26-52-30-23-21-29(22-24-30)39-37-38(42(50-39)43(47-4)45-49-34-18-11-13-20-36(34)54-45)40(31-16-9-8-14-27(31)3)51-41(37)32(25-46)44-48-33-17-10-12-19-35(33)53-44/h8-14,16-24,28,50-51H,5-7,15,26H2,1-3H3. The van der Waals surface area contributed by atoms with Gasteiger partial charge < -0.3 is 14.7 Å². The van der Waals surface area contributed by atoms with Gasteiger partial charge in [0.15, 0.2) is 0 Å². The Morgan fingerprint density at radius 2 is 1.44 bits per heavy atom. The maximum Gasteiger partial charge on any atom is 0.245 e. The number of nitrogens with one attached hydrogen (secondary N) is 2. The Labute approximate surface area is 321 Å². The minimum absolute atomic E-state index is 0.420. The summed E-state index contributed by atoms with van der Waals surface area (Å²) in [5.41, 5.74) is 7.12. The van der Waals surface area contributed by atoms with Gasteiger partial charge in [-0.25, -0.2) is 14.8 Å². The maximum atomic E-state index is 10.9. The number of unbranched alkanes of at least 4 members (excludes halogenated alkanes) is 1. The van der Waals surface area contributed by atoms with Gasteiger partial charge in [0.05, 0.1) is 55.7 Å². The first kappa shape index (κ1) is 35.1. The zero-order valence-corrected chi connectivity index (χ0v) is 32.0. The molecule has 0 aliphatic heterocycles. The molecular formula is C45H38N6OS2. The molecule has 2 N–H and O–H groups in total. The highest BCUT2D eigenvalue weighted by atomic mass is 32.1. The van der Waals surface area contributed by atoms with E-state index in [-0.39, 0.29) is 0 Å². The van der Waals surface area contributed by atoms with Crippen LogP contribution in [0.25, 0.3) is 69.8 Å². The minimum atomic E-state index is 0.420. The zero-order valence-electron chi connectivity index (χ0n) is 30.4. The lowest BCUT2D eigenvalue weighted by molar-refractivity contribution is 0.233. The molecule has 0 saturated heterocycles. The number of para-hydroxylation sites is 2. The molecule has 0 radical (unpaired) electrons. The SMILES string of the molecule is [C-]#[N+]C(c1nc2ccccc2s1)=c1[nH]c(-c2ccc(OCC(CC)CCCC)cc2)c2c(=C(C#N)c3nc4ccccc4s3)[nH]c(-c3ccccc3C)c12. The quantitative estimate of drug-likeness (QED) is 0.129. The van der Waals surface area contributed by atoms with Gasteiger partial charge in [-0.15, -0.1) is 22.7 Å². The van der Waals surface area contributed by atoms with E-state index in [4.69, 9.17) is 21.3 Å². The Kier molecular flexibility index (Phi) is 9.84. The molecule has 54 heavy (non-hydrogen) atoms. The predicted molar refractivity (Wildman–Crippen MR) is 223 cm³/mol. The van der Waals surface area contributed by atoms with E-state index in [1.807, 2.05) is 72.8 Å². The second-order valence-corrected chi connectivity index (χ2v) is 15.5. The summed E-state index contributed by atoms with van der Waals surface area (Å²) in [6.07, 6.45) is 4.63. The summed E-state index contributed by atoms with van der Waals surface area (Å²) >= 11 is 3.00. The third-order valence-corrected chi connectivity index (χ3v) is 12.1. The molecule has 4 aromatic carbocycles. The summed E-state index contributed by atoms with van der Waals surface area (Å²) in [6.45, 7) is 15.8. The molecule has 0 aliphatic carbocycles. The highest BCUT2D eigenvalue weighted by Crippen LogP contribution is 2.36. The molecule has 0 amide bonds. The van der Waals surface area contributed by atoms with E-state index < -0.39 is 0 Å². The second-order valence-electron chi connectivity index (χ2n) is 13.5. The molecule has 8 rings (SSSR count). The Hall–Kier alpha value is -6.00. The lowest BCUT2D eigenvalue weighted by Gasteiger charge is -2.15. The van der Waals surface area contributed by atoms with Crippen LogP contribution >= 0.6 is 22.7 Å². The molecule has 7 nitrogen and oxygen atoms in total. The van der Waals surface area contributed by atoms with Crippen molar-refractivity contribution in [3.63, 3.8) is 0 Å². The zero-order chi connectivity index (χ0) is 37.2. The molecule has 1 atom stereocenters. The number of ether oxygens (including phenoxy) is 1. The number of aromatic nitrogens is 4. The molecule has 0 aliphatic rings. The Bertz CT molecular complexity index is 2700. The molecule has 4 aromatic heterocycles.